The number of benzene rings is 2. The second-order valence-corrected chi connectivity index (χ2v) is 10.8. The summed E-state index contributed by atoms with van der Waals surface area (Å²) >= 11 is 0. The maximum absolute atomic E-state index is 13.0. The highest BCUT2D eigenvalue weighted by Crippen LogP contribution is 2.30. The summed E-state index contributed by atoms with van der Waals surface area (Å²) in [5.74, 6) is -2.55. The lowest BCUT2D eigenvalue weighted by molar-refractivity contribution is -0.136. The van der Waals surface area contributed by atoms with Crippen LogP contribution in [0, 0.1) is 0 Å². The van der Waals surface area contributed by atoms with Crippen molar-refractivity contribution >= 4 is 35.3 Å². The van der Waals surface area contributed by atoms with E-state index < -0.39 is 35.6 Å². The van der Waals surface area contributed by atoms with Gasteiger partial charge in [-0.05, 0) is 48.9 Å². The standard InChI is InChI=1S/C29H31N5O7/c35-25-8-7-24(26(36)30-25)34-27(37)22-6-5-21(15-23(22)28(34)38)41-14-13-31-16-20(17-31)33-11-9-32(10-12-33)19-3-1-18(2-4-19)29(39)40/h1-6,15,20,24H,7-14,16-17H2,(H,39,40)(H,30,35,36). The molecule has 4 aliphatic rings. The molecule has 2 aromatic rings. The molecule has 214 valence electrons. The number of anilines is 1. The lowest BCUT2D eigenvalue weighted by atomic mass is 10.0. The highest BCUT2D eigenvalue weighted by molar-refractivity contribution is 6.23. The van der Waals surface area contributed by atoms with Crippen molar-refractivity contribution in [3.8, 4) is 5.75 Å². The van der Waals surface area contributed by atoms with Crippen molar-refractivity contribution < 1.29 is 33.8 Å². The zero-order valence-electron chi connectivity index (χ0n) is 22.5. The van der Waals surface area contributed by atoms with Gasteiger partial charge in [0.2, 0.25) is 11.8 Å². The first-order valence-electron chi connectivity index (χ1n) is 13.8. The number of nitrogens with zero attached hydrogens (tertiary/aromatic N) is 4. The van der Waals surface area contributed by atoms with Crippen molar-refractivity contribution in [3.05, 3.63) is 59.2 Å². The lowest BCUT2D eigenvalue weighted by Crippen LogP contribution is -2.63. The van der Waals surface area contributed by atoms with Crippen molar-refractivity contribution in [1.82, 2.24) is 20.0 Å². The molecule has 0 radical (unpaired) electrons. The first-order chi connectivity index (χ1) is 19.8. The molecular weight excluding hydrogens is 530 g/mol. The number of hydrogen-bond donors (Lipinski definition) is 2. The summed E-state index contributed by atoms with van der Waals surface area (Å²) in [6.45, 7) is 6.77. The molecule has 1 unspecified atom stereocenters. The van der Waals surface area contributed by atoms with Gasteiger partial charge >= 0.3 is 5.97 Å². The van der Waals surface area contributed by atoms with E-state index in [0.717, 1.165) is 56.4 Å². The van der Waals surface area contributed by atoms with Crippen molar-refractivity contribution in [2.45, 2.75) is 24.9 Å². The number of nitrogens with one attached hydrogen (secondary N) is 1. The van der Waals surface area contributed by atoms with Gasteiger partial charge in [-0.2, -0.15) is 0 Å². The van der Waals surface area contributed by atoms with Crippen LogP contribution in [0.4, 0.5) is 5.69 Å². The molecule has 12 heteroatoms. The van der Waals surface area contributed by atoms with Gasteiger partial charge in [-0.15, -0.1) is 0 Å². The number of aromatic carboxylic acids is 1. The Morgan fingerprint density at radius 1 is 0.927 bits per heavy atom. The van der Waals surface area contributed by atoms with Gasteiger partial charge in [0.15, 0.2) is 0 Å². The summed E-state index contributed by atoms with van der Waals surface area (Å²) in [5, 5.41) is 11.3. The molecule has 0 bridgehead atoms. The van der Waals surface area contributed by atoms with E-state index in [2.05, 4.69) is 20.0 Å². The molecule has 2 N–H and O–H groups in total. The van der Waals surface area contributed by atoms with E-state index in [1.807, 2.05) is 12.1 Å². The summed E-state index contributed by atoms with van der Waals surface area (Å²) < 4.78 is 5.90. The summed E-state index contributed by atoms with van der Waals surface area (Å²) in [6.07, 6.45) is 0.199. The quantitative estimate of drug-likeness (QED) is 0.442. The monoisotopic (exact) mass is 561 g/mol. The van der Waals surface area contributed by atoms with Gasteiger partial charge in [0, 0.05) is 64.0 Å². The van der Waals surface area contributed by atoms with Gasteiger partial charge in [0.1, 0.15) is 18.4 Å². The third-order valence-electron chi connectivity index (χ3n) is 8.34. The number of fused-ring (bicyclic) bond motifs is 1. The molecule has 2 aromatic carbocycles. The zero-order chi connectivity index (χ0) is 28.7. The van der Waals surface area contributed by atoms with Gasteiger partial charge < -0.3 is 14.7 Å². The van der Waals surface area contributed by atoms with E-state index in [9.17, 15) is 24.0 Å². The Labute approximate surface area is 236 Å². The molecule has 4 amide bonds. The van der Waals surface area contributed by atoms with Gasteiger partial charge in [-0.25, -0.2) is 4.79 Å². The van der Waals surface area contributed by atoms with Gasteiger partial charge in [-0.1, -0.05) is 0 Å². The van der Waals surface area contributed by atoms with Crippen molar-refractivity contribution in [1.29, 1.82) is 0 Å². The molecule has 4 aliphatic heterocycles. The smallest absolute Gasteiger partial charge is 0.335 e. The van der Waals surface area contributed by atoms with Crippen LogP contribution in [0.1, 0.15) is 43.9 Å². The average molecular weight is 562 g/mol. The number of piperazine rings is 1. The maximum atomic E-state index is 13.0. The van der Waals surface area contributed by atoms with Gasteiger partial charge in [0.05, 0.1) is 16.7 Å². The minimum Gasteiger partial charge on any atom is -0.492 e. The minimum atomic E-state index is -0.989. The molecule has 12 nitrogen and oxygen atoms in total. The number of likely N-dealkylation sites (tertiary alicyclic amines) is 1. The van der Waals surface area contributed by atoms with E-state index in [-0.39, 0.29) is 24.0 Å². The van der Waals surface area contributed by atoms with E-state index in [1.54, 1.807) is 30.3 Å². The second-order valence-electron chi connectivity index (χ2n) is 10.8. The topological polar surface area (TPSA) is 140 Å². The van der Waals surface area contributed by atoms with Crippen LogP contribution < -0.4 is 15.0 Å². The molecule has 0 saturated carbocycles. The van der Waals surface area contributed by atoms with E-state index in [1.165, 1.54) is 0 Å². The normalized spacial score (nSPS) is 22.0. The molecule has 4 heterocycles. The molecular formula is C29H31N5O7. The van der Waals surface area contributed by atoms with Crippen LogP contribution >= 0.6 is 0 Å². The number of hydrogen-bond acceptors (Lipinski definition) is 9. The molecule has 6 rings (SSSR count). The van der Waals surface area contributed by atoms with Crippen LogP contribution in [-0.4, -0.2) is 114 Å². The van der Waals surface area contributed by atoms with Crippen molar-refractivity contribution in [3.63, 3.8) is 0 Å². The van der Waals surface area contributed by atoms with E-state index in [0.29, 0.717) is 24.0 Å². The summed E-state index contributed by atoms with van der Waals surface area (Å²) in [4.78, 5) is 68.7. The fourth-order valence-corrected chi connectivity index (χ4v) is 5.95. The number of amides is 4. The predicted octanol–water partition coefficient (Wildman–Crippen LogP) is 0.671. The Hall–Kier alpha value is -4.29. The first kappa shape index (κ1) is 26.9. The van der Waals surface area contributed by atoms with Crippen molar-refractivity contribution in [2.24, 2.45) is 0 Å². The highest BCUT2D eigenvalue weighted by Gasteiger charge is 2.44. The van der Waals surface area contributed by atoms with Crippen LogP contribution in [0.2, 0.25) is 0 Å². The third-order valence-corrected chi connectivity index (χ3v) is 8.34. The highest BCUT2D eigenvalue weighted by atomic mass is 16.5. The Morgan fingerprint density at radius 3 is 2.32 bits per heavy atom. The molecule has 41 heavy (non-hydrogen) atoms. The van der Waals surface area contributed by atoms with Crippen LogP contribution in [-0.2, 0) is 9.59 Å². The Balaban J connectivity index is 0.943. The Morgan fingerprint density at radius 2 is 1.63 bits per heavy atom. The SMILES string of the molecule is O=C1CCC(N2C(=O)c3ccc(OCCN4CC(N5CCN(c6ccc(C(=O)O)cc6)CC5)C4)cc3C2=O)C(=O)N1. The van der Waals surface area contributed by atoms with Crippen molar-refractivity contribution in [2.75, 3.05) is 57.3 Å². The number of carbonyl (C=O) groups is 5. The predicted molar refractivity (Wildman–Crippen MR) is 146 cm³/mol. The summed E-state index contributed by atoms with van der Waals surface area (Å²) in [5.41, 5.74) is 1.78. The van der Waals surface area contributed by atoms with E-state index >= 15 is 0 Å². The molecule has 0 aromatic heterocycles. The summed E-state index contributed by atoms with van der Waals surface area (Å²) in [6, 6.07) is 11.3. The fourth-order valence-electron chi connectivity index (χ4n) is 5.95. The number of carboxylic acid groups (broad SMARTS) is 1. The average Bonchev–Trinajstić information content (AvgIpc) is 3.19. The number of carbonyl (C=O) groups excluding carboxylic acids is 4. The minimum absolute atomic E-state index is 0.0797. The second kappa shape index (κ2) is 10.9. The Bertz CT molecular complexity index is 1400. The number of carboxylic acids is 1. The maximum Gasteiger partial charge on any atom is 0.335 e. The Kier molecular flexibility index (Phi) is 7.18. The van der Waals surface area contributed by atoms with Crippen LogP contribution in [0.25, 0.3) is 0 Å². The molecule has 0 spiro atoms. The fraction of sp³-hybridized carbons (Fsp3) is 0.414. The lowest BCUT2D eigenvalue weighted by Gasteiger charge is -2.48. The van der Waals surface area contributed by atoms with Crippen LogP contribution in [0.15, 0.2) is 42.5 Å². The first-order valence-corrected chi connectivity index (χ1v) is 13.8. The number of imide groups is 2. The van der Waals surface area contributed by atoms with Crippen LogP contribution in [0.3, 0.4) is 0 Å². The third kappa shape index (κ3) is 5.27. The molecule has 0 aliphatic carbocycles. The zero-order valence-corrected chi connectivity index (χ0v) is 22.5. The largest absolute Gasteiger partial charge is 0.492 e. The number of piperidine rings is 1. The van der Waals surface area contributed by atoms with E-state index in [4.69, 9.17) is 9.84 Å². The molecule has 3 fully saturated rings. The molecule has 3 saturated heterocycles. The number of ether oxygens (including phenoxy) is 1. The number of rotatable bonds is 8. The van der Waals surface area contributed by atoms with Gasteiger partial charge in [0.25, 0.3) is 11.8 Å². The van der Waals surface area contributed by atoms with Crippen LogP contribution in [0.5, 0.6) is 5.75 Å². The van der Waals surface area contributed by atoms with Gasteiger partial charge in [-0.3, -0.25) is 39.2 Å². The summed E-state index contributed by atoms with van der Waals surface area (Å²) in [7, 11) is 0. The molecule has 1 atom stereocenters.